The van der Waals surface area contributed by atoms with Gasteiger partial charge in [-0.15, -0.1) is 0 Å². The highest BCUT2D eigenvalue weighted by molar-refractivity contribution is 6.08. The van der Waals surface area contributed by atoms with E-state index in [1.165, 1.54) is 19.5 Å². The lowest BCUT2D eigenvalue weighted by atomic mass is 10.1. The predicted octanol–water partition coefficient (Wildman–Crippen LogP) is 2.40. The van der Waals surface area contributed by atoms with Crippen LogP contribution in [0.5, 0.6) is 5.75 Å². The third kappa shape index (κ3) is 4.45. The van der Waals surface area contributed by atoms with Gasteiger partial charge in [0.2, 0.25) is 5.82 Å². The summed E-state index contributed by atoms with van der Waals surface area (Å²) < 4.78 is 10.4. The monoisotopic (exact) mass is 390 g/mol. The van der Waals surface area contributed by atoms with Crippen molar-refractivity contribution in [1.82, 2.24) is 15.0 Å². The number of aromatic nitrogens is 3. The van der Waals surface area contributed by atoms with Gasteiger partial charge in [0.1, 0.15) is 17.6 Å². The van der Waals surface area contributed by atoms with E-state index in [4.69, 9.17) is 20.5 Å². The lowest BCUT2D eigenvalue weighted by Crippen LogP contribution is -2.16. The molecule has 0 radical (unpaired) electrons. The van der Waals surface area contributed by atoms with Crippen molar-refractivity contribution < 1.29 is 14.3 Å². The van der Waals surface area contributed by atoms with Crippen LogP contribution < -0.4 is 15.8 Å². The van der Waals surface area contributed by atoms with E-state index in [1.807, 2.05) is 6.07 Å². The lowest BCUT2D eigenvalue weighted by Gasteiger charge is -2.13. The van der Waals surface area contributed by atoms with E-state index in [2.05, 4.69) is 20.3 Å². The van der Waals surface area contributed by atoms with E-state index in [0.29, 0.717) is 29.3 Å². The van der Waals surface area contributed by atoms with Gasteiger partial charge in [0, 0.05) is 25.1 Å². The highest BCUT2D eigenvalue weighted by atomic mass is 16.5. The number of anilines is 2. The van der Waals surface area contributed by atoms with Gasteiger partial charge in [-0.1, -0.05) is 6.07 Å². The number of pyridine rings is 1. The molecule has 3 N–H and O–H groups in total. The number of hydrogen-bond acceptors (Lipinski definition) is 8. The van der Waals surface area contributed by atoms with Gasteiger partial charge in [0.15, 0.2) is 0 Å². The largest absolute Gasteiger partial charge is 0.495 e. The number of methoxy groups -OCH3 is 2. The van der Waals surface area contributed by atoms with Gasteiger partial charge in [0.25, 0.3) is 5.91 Å². The number of hydrogen-bond donors (Lipinski definition) is 2. The van der Waals surface area contributed by atoms with Crippen LogP contribution in [0.2, 0.25) is 0 Å². The molecule has 3 rings (SSSR count). The van der Waals surface area contributed by atoms with Crippen LogP contribution in [-0.4, -0.2) is 35.1 Å². The number of nitrogens with zero attached hydrogens (tertiary/aromatic N) is 4. The number of nitrogens with two attached hydrogens (primary N) is 1. The fraction of sp³-hybridized carbons (Fsp3) is 0.150. The standard InChI is InChI=1S/C20H18N6O3/c1-28-11-14-4-5-15(19(22)25-14)20(27)26-16-7-12(3-6-17(16)29-2)13-9-23-18(8-21)24-10-13/h3-7,9-10H,11H2,1-2H3,(H2,22,25)(H,26,27). The minimum absolute atomic E-state index is 0.0793. The Morgan fingerprint density at radius 1 is 1.17 bits per heavy atom. The maximum absolute atomic E-state index is 12.7. The summed E-state index contributed by atoms with van der Waals surface area (Å²) in [5.41, 5.74) is 8.66. The van der Waals surface area contributed by atoms with Gasteiger partial charge in [0.05, 0.1) is 30.7 Å². The van der Waals surface area contributed by atoms with Gasteiger partial charge in [-0.3, -0.25) is 4.79 Å². The zero-order valence-electron chi connectivity index (χ0n) is 15.8. The zero-order chi connectivity index (χ0) is 20.8. The minimum atomic E-state index is -0.425. The van der Waals surface area contributed by atoms with Crippen LogP contribution in [0.4, 0.5) is 11.5 Å². The number of nitrogens with one attached hydrogen (secondary N) is 1. The summed E-state index contributed by atoms with van der Waals surface area (Å²) in [4.78, 5) is 24.8. The summed E-state index contributed by atoms with van der Waals surface area (Å²) in [6.07, 6.45) is 3.07. The fourth-order valence-corrected chi connectivity index (χ4v) is 2.65. The number of carbonyl (C=O) groups is 1. The molecule has 0 aliphatic heterocycles. The SMILES string of the molecule is COCc1ccc(C(=O)Nc2cc(-c3cnc(C#N)nc3)ccc2OC)c(N)n1. The minimum Gasteiger partial charge on any atom is -0.495 e. The molecule has 0 bridgehead atoms. The molecule has 1 aromatic carbocycles. The van der Waals surface area contributed by atoms with Gasteiger partial charge >= 0.3 is 0 Å². The first-order valence-electron chi connectivity index (χ1n) is 8.52. The van der Waals surface area contributed by atoms with E-state index >= 15 is 0 Å². The molecule has 0 saturated heterocycles. The van der Waals surface area contributed by atoms with Crippen LogP contribution >= 0.6 is 0 Å². The molecule has 0 aliphatic carbocycles. The Labute approximate surface area is 167 Å². The summed E-state index contributed by atoms with van der Waals surface area (Å²) >= 11 is 0. The van der Waals surface area contributed by atoms with Gasteiger partial charge in [-0.05, 0) is 29.8 Å². The molecule has 0 fully saturated rings. The molecular formula is C20H18N6O3. The number of amides is 1. The molecule has 146 valence electrons. The van der Waals surface area contributed by atoms with E-state index in [9.17, 15) is 4.79 Å². The van der Waals surface area contributed by atoms with E-state index in [0.717, 1.165) is 5.56 Å². The summed E-state index contributed by atoms with van der Waals surface area (Å²) in [7, 11) is 3.06. The number of nitriles is 1. The molecule has 0 spiro atoms. The summed E-state index contributed by atoms with van der Waals surface area (Å²) in [5, 5.41) is 11.6. The average molecular weight is 390 g/mol. The zero-order valence-corrected chi connectivity index (χ0v) is 15.8. The van der Waals surface area contributed by atoms with Crippen LogP contribution in [-0.2, 0) is 11.3 Å². The Hall–Kier alpha value is -4.03. The van der Waals surface area contributed by atoms with E-state index < -0.39 is 5.91 Å². The second kappa shape index (κ2) is 8.77. The number of carbonyl (C=O) groups excluding carboxylic acids is 1. The van der Waals surface area contributed by atoms with Crippen molar-refractivity contribution in [2.75, 3.05) is 25.3 Å². The van der Waals surface area contributed by atoms with Crippen molar-refractivity contribution in [3.63, 3.8) is 0 Å². The van der Waals surface area contributed by atoms with Gasteiger partial charge in [-0.2, -0.15) is 5.26 Å². The Balaban J connectivity index is 1.89. The lowest BCUT2D eigenvalue weighted by molar-refractivity contribution is 0.102. The maximum Gasteiger partial charge on any atom is 0.259 e. The molecule has 1 amide bonds. The third-order valence-electron chi connectivity index (χ3n) is 4.05. The Morgan fingerprint density at radius 2 is 1.93 bits per heavy atom. The Kier molecular flexibility index (Phi) is 5.97. The topological polar surface area (TPSA) is 136 Å². The molecule has 3 aromatic rings. The number of ether oxygens (including phenoxy) is 2. The number of nitrogen functional groups attached to an aromatic ring is 1. The summed E-state index contributed by atoms with van der Waals surface area (Å²) in [6, 6.07) is 10.4. The van der Waals surface area contributed by atoms with Crippen molar-refractivity contribution in [2.45, 2.75) is 6.61 Å². The van der Waals surface area contributed by atoms with Crippen molar-refractivity contribution in [1.29, 1.82) is 5.26 Å². The van der Waals surface area contributed by atoms with Gasteiger partial charge < -0.3 is 20.5 Å². The van der Waals surface area contributed by atoms with Crippen LogP contribution in [0.3, 0.4) is 0 Å². The Morgan fingerprint density at radius 3 is 2.55 bits per heavy atom. The van der Waals surface area contributed by atoms with Crippen LogP contribution in [0.1, 0.15) is 21.9 Å². The third-order valence-corrected chi connectivity index (χ3v) is 4.05. The summed E-state index contributed by atoms with van der Waals surface area (Å²) in [6.45, 7) is 0.300. The number of benzene rings is 1. The van der Waals surface area contributed by atoms with E-state index in [-0.39, 0.29) is 17.2 Å². The first kappa shape index (κ1) is 19.7. The smallest absolute Gasteiger partial charge is 0.259 e. The highest BCUT2D eigenvalue weighted by Crippen LogP contribution is 2.31. The number of rotatable bonds is 6. The van der Waals surface area contributed by atoms with Crippen LogP contribution in [0.15, 0.2) is 42.7 Å². The van der Waals surface area contributed by atoms with Crippen molar-refractivity contribution >= 4 is 17.4 Å². The Bertz CT molecular complexity index is 1080. The molecule has 2 aromatic heterocycles. The molecule has 0 saturated carbocycles. The molecule has 0 atom stereocenters. The average Bonchev–Trinajstić information content (AvgIpc) is 2.74. The van der Waals surface area contributed by atoms with Crippen molar-refractivity contribution in [2.24, 2.45) is 0 Å². The second-order valence-electron chi connectivity index (χ2n) is 5.94. The van der Waals surface area contributed by atoms with E-state index in [1.54, 1.807) is 37.4 Å². The highest BCUT2D eigenvalue weighted by Gasteiger charge is 2.15. The van der Waals surface area contributed by atoms with Crippen molar-refractivity contribution in [3.05, 3.63) is 59.8 Å². The first-order chi connectivity index (χ1) is 14.0. The van der Waals surface area contributed by atoms with Crippen LogP contribution in [0.25, 0.3) is 11.1 Å². The van der Waals surface area contributed by atoms with Crippen molar-refractivity contribution in [3.8, 4) is 22.9 Å². The van der Waals surface area contributed by atoms with Gasteiger partial charge in [-0.25, -0.2) is 15.0 Å². The molecular weight excluding hydrogens is 372 g/mol. The quantitative estimate of drug-likeness (QED) is 0.655. The second-order valence-corrected chi connectivity index (χ2v) is 5.94. The molecule has 9 nitrogen and oxygen atoms in total. The van der Waals surface area contributed by atoms with Crippen LogP contribution in [0, 0.1) is 11.3 Å². The molecule has 0 aliphatic rings. The first-order valence-corrected chi connectivity index (χ1v) is 8.52. The normalized spacial score (nSPS) is 10.2. The predicted molar refractivity (Wildman–Crippen MR) is 106 cm³/mol. The molecule has 29 heavy (non-hydrogen) atoms. The molecule has 0 unspecified atom stereocenters. The maximum atomic E-state index is 12.7. The fourth-order valence-electron chi connectivity index (χ4n) is 2.65. The summed E-state index contributed by atoms with van der Waals surface area (Å²) in [5.74, 6) is 0.230. The molecule has 9 heteroatoms. The molecule has 2 heterocycles.